The Hall–Kier alpha value is -1.07. The molecule has 2 aliphatic rings. The van der Waals surface area contributed by atoms with Crippen molar-refractivity contribution in [2.75, 3.05) is 26.7 Å². The number of ether oxygens (including phenoxy) is 1. The van der Waals surface area contributed by atoms with Gasteiger partial charge in [-0.25, -0.2) is 0 Å². The summed E-state index contributed by atoms with van der Waals surface area (Å²) in [7, 11) is 1.69. The topological polar surface area (TPSA) is 41.6 Å². The SMILES string of the molecule is COc1ccc(Br)cc1C1CCCN1C(=O)C1CCCNC1. The maximum Gasteiger partial charge on any atom is 0.227 e. The lowest BCUT2D eigenvalue weighted by molar-refractivity contribution is -0.137. The molecule has 120 valence electrons. The monoisotopic (exact) mass is 366 g/mol. The number of hydrogen-bond acceptors (Lipinski definition) is 3. The molecular weight excluding hydrogens is 344 g/mol. The number of benzene rings is 1. The number of nitrogens with one attached hydrogen (secondary N) is 1. The average molecular weight is 367 g/mol. The van der Waals surface area contributed by atoms with Gasteiger partial charge in [0.05, 0.1) is 19.1 Å². The highest BCUT2D eigenvalue weighted by atomic mass is 79.9. The van der Waals surface area contributed by atoms with Gasteiger partial charge >= 0.3 is 0 Å². The fourth-order valence-electron chi connectivity index (χ4n) is 3.62. The zero-order valence-electron chi connectivity index (χ0n) is 13.0. The average Bonchev–Trinajstić information content (AvgIpc) is 3.04. The van der Waals surface area contributed by atoms with Gasteiger partial charge in [0.25, 0.3) is 0 Å². The van der Waals surface area contributed by atoms with Crippen molar-refractivity contribution in [2.45, 2.75) is 31.7 Å². The van der Waals surface area contributed by atoms with Crippen LogP contribution in [0.2, 0.25) is 0 Å². The van der Waals surface area contributed by atoms with Crippen LogP contribution in [0.3, 0.4) is 0 Å². The minimum absolute atomic E-state index is 0.132. The normalized spacial score (nSPS) is 25.3. The molecule has 22 heavy (non-hydrogen) atoms. The fraction of sp³-hybridized carbons (Fsp3) is 0.588. The predicted octanol–water partition coefficient (Wildman–Crippen LogP) is 3.12. The fourth-order valence-corrected chi connectivity index (χ4v) is 4.00. The van der Waals surface area contributed by atoms with Crippen molar-refractivity contribution >= 4 is 21.8 Å². The van der Waals surface area contributed by atoms with E-state index in [2.05, 4.69) is 32.2 Å². The van der Waals surface area contributed by atoms with Gasteiger partial charge in [-0.3, -0.25) is 4.79 Å². The maximum atomic E-state index is 12.9. The van der Waals surface area contributed by atoms with Crippen molar-refractivity contribution in [1.82, 2.24) is 10.2 Å². The van der Waals surface area contributed by atoms with Crippen molar-refractivity contribution in [3.05, 3.63) is 28.2 Å². The Morgan fingerprint density at radius 3 is 2.95 bits per heavy atom. The molecule has 4 nitrogen and oxygen atoms in total. The van der Waals surface area contributed by atoms with Crippen molar-refractivity contribution < 1.29 is 9.53 Å². The van der Waals surface area contributed by atoms with Crippen LogP contribution < -0.4 is 10.1 Å². The number of likely N-dealkylation sites (tertiary alicyclic amines) is 1. The van der Waals surface area contributed by atoms with Gasteiger partial charge in [-0.05, 0) is 50.4 Å². The number of nitrogens with zero attached hydrogens (tertiary/aromatic N) is 1. The van der Waals surface area contributed by atoms with Crippen LogP contribution in [0.15, 0.2) is 22.7 Å². The first-order chi connectivity index (χ1) is 10.7. The first kappa shape index (κ1) is 15.8. The van der Waals surface area contributed by atoms with Crippen LogP contribution in [-0.2, 0) is 4.79 Å². The molecular formula is C17H23BrN2O2. The van der Waals surface area contributed by atoms with Crippen molar-refractivity contribution in [2.24, 2.45) is 5.92 Å². The van der Waals surface area contributed by atoms with E-state index in [4.69, 9.17) is 4.74 Å². The molecule has 0 spiro atoms. The number of hydrogen-bond donors (Lipinski definition) is 1. The van der Waals surface area contributed by atoms with E-state index in [0.717, 1.165) is 61.1 Å². The number of carbonyl (C=O) groups excluding carboxylic acids is 1. The van der Waals surface area contributed by atoms with E-state index in [0.29, 0.717) is 5.91 Å². The lowest BCUT2D eigenvalue weighted by Crippen LogP contribution is -2.42. The van der Waals surface area contributed by atoms with Crippen LogP contribution in [-0.4, -0.2) is 37.6 Å². The Bertz CT molecular complexity index is 543. The molecule has 2 unspecified atom stereocenters. The lowest BCUT2D eigenvalue weighted by Gasteiger charge is -2.31. The van der Waals surface area contributed by atoms with Crippen LogP contribution >= 0.6 is 15.9 Å². The van der Waals surface area contributed by atoms with Gasteiger partial charge in [0.15, 0.2) is 0 Å². The van der Waals surface area contributed by atoms with Gasteiger partial charge in [0.2, 0.25) is 5.91 Å². The molecule has 1 aromatic rings. The number of methoxy groups -OCH3 is 1. The van der Waals surface area contributed by atoms with E-state index >= 15 is 0 Å². The molecule has 2 fully saturated rings. The highest BCUT2D eigenvalue weighted by molar-refractivity contribution is 9.10. The van der Waals surface area contributed by atoms with Crippen LogP contribution in [0, 0.1) is 5.92 Å². The maximum absolute atomic E-state index is 12.9. The minimum atomic E-state index is 0.132. The number of rotatable bonds is 3. The van der Waals surface area contributed by atoms with E-state index in [9.17, 15) is 4.79 Å². The molecule has 1 aromatic carbocycles. The Morgan fingerprint density at radius 2 is 2.23 bits per heavy atom. The van der Waals surface area contributed by atoms with Gasteiger partial charge in [-0.1, -0.05) is 15.9 Å². The van der Waals surface area contributed by atoms with E-state index in [-0.39, 0.29) is 12.0 Å². The van der Waals surface area contributed by atoms with Crippen LogP contribution in [0.4, 0.5) is 0 Å². The van der Waals surface area contributed by atoms with Gasteiger partial charge in [0, 0.05) is 23.1 Å². The van der Waals surface area contributed by atoms with Crippen LogP contribution in [0.5, 0.6) is 5.75 Å². The van der Waals surface area contributed by atoms with Crippen molar-refractivity contribution in [1.29, 1.82) is 0 Å². The number of carbonyl (C=O) groups is 1. The summed E-state index contributed by atoms with van der Waals surface area (Å²) in [6.45, 7) is 2.71. The number of piperidine rings is 1. The second-order valence-corrected chi connectivity index (χ2v) is 7.03. The smallest absolute Gasteiger partial charge is 0.227 e. The van der Waals surface area contributed by atoms with Crippen molar-refractivity contribution in [3.8, 4) is 5.75 Å². The first-order valence-electron chi connectivity index (χ1n) is 8.05. The van der Waals surface area contributed by atoms with Crippen LogP contribution in [0.25, 0.3) is 0 Å². The van der Waals surface area contributed by atoms with Gasteiger partial charge in [-0.2, -0.15) is 0 Å². The molecule has 2 aliphatic heterocycles. The quantitative estimate of drug-likeness (QED) is 0.893. The van der Waals surface area contributed by atoms with Crippen LogP contribution in [0.1, 0.15) is 37.3 Å². The third-order valence-corrected chi connectivity index (χ3v) is 5.23. The molecule has 0 radical (unpaired) electrons. The summed E-state index contributed by atoms with van der Waals surface area (Å²) < 4.78 is 6.54. The van der Waals surface area contributed by atoms with E-state index in [1.165, 1.54) is 0 Å². The standard InChI is InChI=1S/C17H23BrN2O2/c1-22-16-7-6-13(18)10-14(16)15-5-3-9-20(15)17(21)12-4-2-8-19-11-12/h6-7,10,12,15,19H,2-5,8-9,11H2,1H3. The van der Waals surface area contributed by atoms with E-state index in [1.807, 2.05) is 12.1 Å². The predicted molar refractivity (Wildman–Crippen MR) is 90.0 cm³/mol. The molecule has 5 heteroatoms. The van der Waals surface area contributed by atoms with Gasteiger partial charge in [0.1, 0.15) is 5.75 Å². The second kappa shape index (κ2) is 7.01. The van der Waals surface area contributed by atoms with E-state index in [1.54, 1.807) is 7.11 Å². The zero-order valence-corrected chi connectivity index (χ0v) is 14.6. The zero-order chi connectivity index (χ0) is 15.5. The Kier molecular flexibility index (Phi) is 5.03. The highest BCUT2D eigenvalue weighted by Gasteiger charge is 2.35. The first-order valence-corrected chi connectivity index (χ1v) is 8.84. The summed E-state index contributed by atoms with van der Waals surface area (Å²) in [5.41, 5.74) is 1.12. The molecule has 1 N–H and O–H groups in total. The summed E-state index contributed by atoms with van der Waals surface area (Å²) in [6.07, 6.45) is 4.17. The summed E-state index contributed by atoms with van der Waals surface area (Å²) >= 11 is 3.54. The van der Waals surface area contributed by atoms with Gasteiger partial charge < -0.3 is 15.0 Å². The Morgan fingerprint density at radius 1 is 1.36 bits per heavy atom. The third kappa shape index (κ3) is 3.15. The largest absolute Gasteiger partial charge is 0.496 e. The Labute approximate surface area is 140 Å². The van der Waals surface area contributed by atoms with Crippen molar-refractivity contribution in [3.63, 3.8) is 0 Å². The summed E-state index contributed by atoms with van der Waals surface area (Å²) in [4.78, 5) is 15.0. The van der Waals surface area contributed by atoms with Gasteiger partial charge in [-0.15, -0.1) is 0 Å². The number of halogens is 1. The molecule has 0 aliphatic carbocycles. The molecule has 0 bridgehead atoms. The third-order valence-electron chi connectivity index (χ3n) is 4.73. The highest BCUT2D eigenvalue weighted by Crippen LogP contribution is 2.39. The summed E-state index contributed by atoms with van der Waals surface area (Å²) in [5, 5.41) is 3.35. The second-order valence-electron chi connectivity index (χ2n) is 6.12. The molecule has 2 saturated heterocycles. The molecule has 3 rings (SSSR count). The minimum Gasteiger partial charge on any atom is -0.496 e. The summed E-state index contributed by atoms with van der Waals surface area (Å²) in [5.74, 6) is 1.30. The molecule has 0 aromatic heterocycles. The molecule has 2 heterocycles. The molecule has 2 atom stereocenters. The van der Waals surface area contributed by atoms with E-state index < -0.39 is 0 Å². The molecule has 1 amide bonds. The molecule has 0 saturated carbocycles. The summed E-state index contributed by atoms with van der Waals surface area (Å²) in [6, 6.07) is 6.19. The Balaban J connectivity index is 1.83. The lowest BCUT2D eigenvalue weighted by atomic mass is 9.96. The number of amides is 1.